The molecule has 0 aliphatic carbocycles. The minimum Gasteiger partial charge on any atom is -0.346 e. The second-order valence-electron chi connectivity index (χ2n) is 6.07. The van der Waals surface area contributed by atoms with Gasteiger partial charge in [-0.1, -0.05) is 35.9 Å². The summed E-state index contributed by atoms with van der Waals surface area (Å²) >= 11 is 0. The van der Waals surface area contributed by atoms with Crippen LogP contribution in [0.4, 0.5) is 0 Å². The first kappa shape index (κ1) is 16.8. The first-order chi connectivity index (χ1) is 12.0. The number of pyridine rings is 1. The lowest BCUT2D eigenvalue weighted by Gasteiger charge is -2.12. The fourth-order valence-corrected chi connectivity index (χ4v) is 2.64. The highest BCUT2D eigenvalue weighted by Crippen LogP contribution is 2.13. The Morgan fingerprint density at radius 1 is 1.08 bits per heavy atom. The number of amides is 1. The number of hydrogen-bond acceptors (Lipinski definition) is 4. The van der Waals surface area contributed by atoms with E-state index in [1.165, 1.54) is 0 Å². The summed E-state index contributed by atoms with van der Waals surface area (Å²) in [6.45, 7) is 3.82. The van der Waals surface area contributed by atoms with Crippen LogP contribution in [0.2, 0.25) is 0 Å². The van der Waals surface area contributed by atoms with Gasteiger partial charge >= 0.3 is 0 Å². The number of carbonyl (C=O) groups is 2. The second kappa shape index (κ2) is 7.25. The van der Waals surface area contributed by atoms with Crippen molar-refractivity contribution in [3.05, 3.63) is 65.6 Å². The molecule has 0 saturated carbocycles. The molecule has 1 amide bonds. The monoisotopic (exact) mass is 336 g/mol. The highest BCUT2D eigenvalue weighted by Gasteiger charge is 2.16. The van der Waals surface area contributed by atoms with Crippen LogP contribution in [0.15, 0.2) is 48.7 Å². The minimum atomic E-state index is -0.292. The van der Waals surface area contributed by atoms with Gasteiger partial charge in [0.05, 0.1) is 6.04 Å². The van der Waals surface area contributed by atoms with Crippen LogP contribution in [-0.4, -0.2) is 26.3 Å². The van der Waals surface area contributed by atoms with Crippen molar-refractivity contribution in [1.82, 2.24) is 19.9 Å². The molecule has 6 nitrogen and oxygen atoms in total. The third-order valence-electron chi connectivity index (χ3n) is 4.06. The number of nitrogens with one attached hydrogen (secondary N) is 1. The molecule has 128 valence electrons. The van der Waals surface area contributed by atoms with E-state index in [0.29, 0.717) is 11.4 Å². The Balaban J connectivity index is 1.57. The molecule has 1 N–H and O–H groups in total. The van der Waals surface area contributed by atoms with Gasteiger partial charge in [-0.15, -0.1) is 10.2 Å². The number of fused-ring (bicyclic) bond motifs is 1. The van der Waals surface area contributed by atoms with Gasteiger partial charge in [0, 0.05) is 24.6 Å². The van der Waals surface area contributed by atoms with Gasteiger partial charge in [-0.3, -0.25) is 14.0 Å². The van der Waals surface area contributed by atoms with E-state index in [4.69, 9.17) is 0 Å². The molecule has 3 aromatic rings. The summed E-state index contributed by atoms with van der Waals surface area (Å²) in [4.78, 5) is 24.3. The van der Waals surface area contributed by atoms with Crippen LogP contribution in [0.3, 0.4) is 0 Å². The Labute approximate surface area is 145 Å². The van der Waals surface area contributed by atoms with Crippen LogP contribution in [0, 0.1) is 6.92 Å². The molecular weight excluding hydrogens is 316 g/mol. The molecule has 1 unspecified atom stereocenters. The zero-order valence-electron chi connectivity index (χ0n) is 14.3. The first-order valence-electron chi connectivity index (χ1n) is 8.23. The number of aryl methyl sites for hydroxylation is 1. The lowest BCUT2D eigenvalue weighted by atomic mass is 10.0. The molecule has 0 bridgehead atoms. The molecule has 2 heterocycles. The van der Waals surface area contributed by atoms with Crippen molar-refractivity contribution in [1.29, 1.82) is 0 Å². The number of Topliss-reactive ketones (excluding diaryl/α,β-unsaturated/α-hetero) is 1. The lowest BCUT2D eigenvalue weighted by molar-refractivity contribution is -0.121. The number of benzene rings is 1. The number of nitrogens with zero attached hydrogens (tertiary/aromatic N) is 3. The van der Waals surface area contributed by atoms with Gasteiger partial charge in [0.1, 0.15) is 0 Å². The maximum atomic E-state index is 12.2. The zero-order chi connectivity index (χ0) is 17.8. The average molecular weight is 336 g/mol. The molecule has 0 fully saturated rings. The molecule has 1 aromatic carbocycles. The summed E-state index contributed by atoms with van der Waals surface area (Å²) in [5, 5.41) is 11.1. The zero-order valence-corrected chi connectivity index (χ0v) is 14.3. The van der Waals surface area contributed by atoms with E-state index in [1.807, 2.05) is 54.8 Å². The summed E-state index contributed by atoms with van der Waals surface area (Å²) in [6.07, 6.45) is 2.18. The maximum Gasteiger partial charge on any atom is 0.221 e. The van der Waals surface area contributed by atoms with E-state index in [9.17, 15) is 9.59 Å². The molecule has 6 heteroatoms. The number of carbonyl (C=O) groups excluding carboxylic acids is 2. The van der Waals surface area contributed by atoms with Crippen molar-refractivity contribution < 1.29 is 9.59 Å². The van der Waals surface area contributed by atoms with E-state index in [1.54, 1.807) is 12.1 Å². The molecule has 2 aromatic heterocycles. The molecular formula is C19H20N4O2. The van der Waals surface area contributed by atoms with Crippen molar-refractivity contribution in [3.8, 4) is 0 Å². The standard InChI is InChI=1S/C19H20N4O2/c1-13-6-8-15(9-7-13)16(24)10-11-18(25)20-14(2)19-22-21-17-5-3-4-12-23(17)19/h3-9,12,14H,10-11H2,1-2H3,(H,20,25). The van der Waals surface area contributed by atoms with Crippen LogP contribution in [0.25, 0.3) is 5.65 Å². The topological polar surface area (TPSA) is 76.4 Å². The highest BCUT2D eigenvalue weighted by molar-refractivity contribution is 5.98. The van der Waals surface area contributed by atoms with Crippen molar-refractivity contribution in [2.24, 2.45) is 0 Å². The summed E-state index contributed by atoms with van der Waals surface area (Å²) in [5.74, 6) is 0.449. The fourth-order valence-electron chi connectivity index (χ4n) is 2.64. The molecule has 0 spiro atoms. The summed E-state index contributed by atoms with van der Waals surface area (Å²) in [6, 6.07) is 12.7. The van der Waals surface area contributed by atoms with E-state index < -0.39 is 0 Å². The quantitative estimate of drug-likeness (QED) is 0.702. The molecule has 25 heavy (non-hydrogen) atoms. The van der Waals surface area contributed by atoms with Crippen LogP contribution in [-0.2, 0) is 4.79 Å². The average Bonchev–Trinajstić information content (AvgIpc) is 3.04. The smallest absolute Gasteiger partial charge is 0.221 e. The minimum absolute atomic E-state index is 0.0317. The molecule has 0 aliphatic rings. The third-order valence-corrected chi connectivity index (χ3v) is 4.06. The van der Waals surface area contributed by atoms with Crippen molar-refractivity contribution >= 4 is 17.3 Å². The highest BCUT2D eigenvalue weighted by atomic mass is 16.2. The van der Waals surface area contributed by atoms with Gasteiger partial charge in [0.2, 0.25) is 5.91 Å². The number of hydrogen-bond donors (Lipinski definition) is 1. The van der Waals surface area contributed by atoms with Gasteiger partial charge in [-0.25, -0.2) is 0 Å². The van der Waals surface area contributed by atoms with Gasteiger partial charge in [-0.2, -0.15) is 0 Å². The van der Waals surface area contributed by atoms with Crippen LogP contribution < -0.4 is 5.32 Å². The van der Waals surface area contributed by atoms with E-state index in [-0.39, 0.29) is 30.6 Å². The Morgan fingerprint density at radius 3 is 2.60 bits per heavy atom. The Kier molecular flexibility index (Phi) is 4.88. The number of ketones is 1. The lowest BCUT2D eigenvalue weighted by Crippen LogP contribution is -2.28. The second-order valence-corrected chi connectivity index (χ2v) is 6.07. The maximum absolute atomic E-state index is 12.2. The predicted molar refractivity (Wildman–Crippen MR) is 94.3 cm³/mol. The van der Waals surface area contributed by atoms with Crippen LogP contribution in [0.1, 0.15) is 47.6 Å². The Bertz CT molecular complexity index is 899. The number of rotatable bonds is 6. The molecule has 3 rings (SSSR count). The van der Waals surface area contributed by atoms with E-state index >= 15 is 0 Å². The fraction of sp³-hybridized carbons (Fsp3) is 0.263. The third kappa shape index (κ3) is 3.91. The summed E-state index contributed by atoms with van der Waals surface area (Å²) in [7, 11) is 0. The summed E-state index contributed by atoms with van der Waals surface area (Å²) < 4.78 is 1.84. The molecule has 1 atom stereocenters. The predicted octanol–water partition coefficient (Wildman–Crippen LogP) is 2.88. The van der Waals surface area contributed by atoms with Crippen molar-refractivity contribution in [2.75, 3.05) is 0 Å². The SMILES string of the molecule is Cc1ccc(C(=O)CCC(=O)NC(C)c2nnc3ccccn23)cc1. The van der Waals surface area contributed by atoms with Crippen molar-refractivity contribution in [2.45, 2.75) is 32.7 Å². The van der Waals surface area contributed by atoms with Gasteiger partial charge in [-0.05, 0) is 26.0 Å². The summed E-state index contributed by atoms with van der Waals surface area (Å²) in [5.41, 5.74) is 2.46. The number of aromatic nitrogens is 3. The normalized spacial score (nSPS) is 12.1. The van der Waals surface area contributed by atoms with Crippen molar-refractivity contribution in [3.63, 3.8) is 0 Å². The van der Waals surface area contributed by atoms with Crippen LogP contribution in [0.5, 0.6) is 0 Å². The van der Waals surface area contributed by atoms with E-state index in [2.05, 4.69) is 15.5 Å². The van der Waals surface area contributed by atoms with Crippen LogP contribution >= 0.6 is 0 Å². The Hall–Kier alpha value is -3.02. The largest absolute Gasteiger partial charge is 0.346 e. The molecule has 0 saturated heterocycles. The molecule has 0 radical (unpaired) electrons. The molecule has 0 aliphatic heterocycles. The van der Waals surface area contributed by atoms with Gasteiger partial charge < -0.3 is 5.32 Å². The van der Waals surface area contributed by atoms with E-state index in [0.717, 1.165) is 11.2 Å². The van der Waals surface area contributed by atoms with Gasteiger partial charge in [0.15, 0.2) is 17.3 Å². The first-order valence-corrected chi connectivity index (χ1v) is 8.23. The Morgan fingerprint density at radius 2 is 1.84 bits per heavy atom. The van der Waals surface area contributed by atoms with Gasteiger partial charge in [0.25, 0.3) is 0 Å².